The van der Waals surface area contributed by atoms with Gasteiger partial charge in [-0.25, -0.2) is 0 Å². The molecule has 0 radical (unpaired) electrons. The first kappa shape index (κ1) is 15.4. The zero-order valence-electron chi connectivity index (χ0n) is 11.4. The third-order valence-electron chi connectivity index (χ3n) is 3.44. The maximum atomic E-state index is 11.5. The fraction of sp³-hybridized carbons (Fsp3) is 0.923. The van der Waals surface area contributed by atoms with Crippen LogP contribution in [0.4, 0.5) is 0 Å². The average Bonchev–Trinajstić information content (AvgIpc) is 2.36. The van der Waals surface area contributed by atoms with Gasteiger partial charge in [0.05, 0.1) is 12.1 Å². The van der Waals surface area contributed by atoms with Crippen LogP contribution in [0, 0.1) is 0 Å². The predicted molar refractivity (Wildman–Crippen MR) is 72.2 cm³/mol. The van der Waals surface area contributed by atoms with Crippen LogP contribution in [0.1, 0.15) is 39.0 Å². The molecular weight excluding hydrogens is 230 g/mol. The molecule has 0 aromatic rings. The van der Waals surface area contributed by atoms with Gasteiger partial charge < -0.3 is 21.1 Å². The van der Waals surface area contributed by atoms with E-state index in [0.29, 0.717) is 6.54 Å². The Hall–Kier alpha value is -0.650. The number of piperidine rings is 1. The van der Waals surface area contributed by atoms with Gasteiger partial charge in [0.25, 0.3) is 0 Å². The summed E-state index contributed by atoms with van der Waals surface area (Å²) in [7, 11) is 0. The van der Waals surface area contributed by atoms with Crippen molar-refractivity contribution in [3.8, 4) is 0 Å². The van der Waals surface area contributed by atoms with Crippen LogP contribution in [0.25, 0.3) is 0 Å². The van der Waals surface area contributed by atoms with Crippen LogP contribution in [0.2, 0.25) is 0 Å². The molecule has 0 aromatic heterocycles. The van der Waals surface area contributed by atoms with Gasteiger partial charge >= 0.3 is 0 Å². The van der Waals surface area contributed by atoms with E-state index in [1.54, 1.807) is 0 Å². The van der Waals surface area contributed by atoms with Crippen molar-refractivity contribution in [2.45, 2.75) is 51.2 Å². The van der Waals surface area contributed by atoms with Gasteiger partial charge in [0.2, 0.25) is 5.91 Å². The maximum Gasteiger partial charge on any atom is 0.236 e. The molecule has 1 atom stereocenters. The van der Waals surface area contributed by atoms with Crippen molar-refractivity contribution in [3.05, 3.63) is 0 Å². The van der Waals surface area contributed by atoms with E-state index < -0.39 is 0 Å². The van der Waals surface area contributed by atoms with E-state index >= 15 is 0 Å². The Labute approximate surface area is 110 Å². The zero-order chi connectivity index (χ0) is 13.4. The Morgan fingerprint density at radius 3 is 2.78 bits per heavy atom. The first-order chi connectivity index (χ1) is 8.63. The lowest BCUT2D eigenvalue weighted by Gasteiger charge is -2.29. The fourth-order valence-electron chi connectivity index (χ4n) is 2.23. The van der Waals surface area contributed by atoms with E-state index in [1.807, 2.05) is 6.92 Å². The van der Waals surface area contributed by atoms with Crippen LogP contribution >= 0.6 is 0 Å². The summed E-state index contributed by atoms with van der Waals surface area (Å²) in [4.78, 5) is 13.9. The van der Waals surface area contributed by atoms with E-state index in [0.717, 1.165) is 51.7 Å². The van der Waals surface area contributed by atoms with E-state index in [2.05, 4.69) is 10.2 Å². The molecule has 5 heteroatoms. The number of hydrogen-bond acceptors (Lipinski definition) is 4. The second kappa shape index (κ2) is 8.45. The summed E-state index contributed by atoms with van der Waals surface area (Å²) < 4.78 is 0. The molecule has 0 spiro atoms. The summed E-state index contributed by atoms with van der Waals surface area (Å²) in [6.07, 6.45) is 4.25. The summed E-state index contributed by atoms with van der Waals surface area (Å²) in [6.45, 7) is 5.62. The van der Waals surface area contributed by atoms with Gasteiger partial charge in [0.1, 0.15) is 0 Å². The number of nitrogens with two attached hydrogens (primary N) is 1. The van der Waals surface area contributed by atoms with E-state index in [9.17, 15) is 9.90 Å². The molecule has 1 fully saturated rings. The lowest BCUT2D eigenvalue weighted by Crippen LogP contribution is -2.42. The molecule has 0 bridgehead atoms. The summed E-state index contributed by atoms with van der Waals surface area (Å²) in [6, 6.07) is -0.361. The van der Waals surface area contributed by atoms with Crippen LogP contribution in [0.3, 0.4) is 0 Å². The standard InChI is InChI=1S/C13H27N3O2/c1-2-4-12(14)13(18)15-7-3-8-16-9-5-11(17)6-10-16/h11-12,17H,2-10,14H2,1H3,(H,15,18). The number of nitrogens with one attached hydrogen (secondary N) is 1. The quantitative estimate of drug-likeness (QED) is 0.564. The number of carbonyl (C=O) groups excluding carboxylic acids is 1. The summed E-state index contributed by atoms with van der Waals surface area (Å²) in [5.74, 6) is -0.0362. The number of aliphatic hydroxyl groups excluding tert-OH is 1. The lowest BCUT2D eigenvalue weighted by molar-refractivity contribution is -0.122. The number of rotatable bonds is 7. The molecule has 0 aliphatic carbocycles. The second-order valence-electron chi connectivity index (χ2n) is 5.11. The Bertz CT molecular complexity index is 240. The van der Waals surface area contributed by atoms with E-state index in [1.165, 1.54) is 0 Å². The average molecular weight is 257 g/mol. The number of amides is 1. The molecule has 1 heterocycles. The molecule has 1 amide bonds. The Morgan fingerprint density at radius 1 is 1.50 bits per heavy atom. The van der Waals surface area contributed by atoms with Crippen molar-refractivity contribution in [3.63, 3.8) is 0 Å². The largest absolute Gasteiger partial charge is 0.393 e. The molecular formula is C13H27N3O2. The second-order valence-corrected chi connectivity index (χ2v) is 5.11. The van der Waals surface area contributed by atoms with Gasteiger partial charge in [-0.15, -0.1) is 0 Å². The zero-order valence-corrected chi connectivity index (χ0v) is 11.4. The van der Waals surface area contributed by atoms with Crippen molar-refractivity contribution in [2.24, 2.45) is 5.73 Å². The van der Waals surface area contributed by atoms with E-state index in [4.69, 9.17) is 5.73 Å². The van der Waals surface area contributed by atoms with Gasteiger partial charge in [-0.3, -0.25) is 4.79 Å². The Balaban J connectivity index is 2.02. The first-order valence-corrected chi connectivity index (χ1v) is 7.07. The molecule has 18 heavy (non-hydrogen) atoms. The maximum absolute atomic E-state index is 11.5. The molecule has 1 aliphatic heterocycles. The number of nitrogens with zero attached hydrogens (tertiary/aromatic N) is 1. The third-order valence-corrected chi connectivity index (χ3v) is 3.44. The van der Waals surface area contributed by atoms with Crippen molar-refractivity contribution in [1.82, 2.24) is 10.2 Å². The van der Waals surface area contributed by atoms with Gasteiger partial charge in [0.15, 0.2) is 0 Å². The molecule has 1 rings (SSSR count). The minimum Gasteiger partial charge on any atom is -0.393 e. The first-order valence-electron chi connectivity index (χ1n) is 7.07. The minimum atomic E-state index is -0.361. The van der Waals surface area contributed by atoms with Crippen molar-refractivity contribution < 1.29 is 9.90 Å². The van der Waals surface area contributed by atoms with Crippen LogP contribution in [-0.4, -0.2) is 54.2 Å². The van der Waals surface area contributed by atoms with Gasteiger partial charge in [0, 0.05) is 19.6 Å². The number of carbonyl (C=O) groups is 1. The van der Waals surface area contributed by atoms with Gasteiger partial charge in [-0.2, -0.15) is 0 Å². The van der Waals surface area contributed by atoms with Gasteiger partial charge in [-0.1, -0.05) is 13.3 Å². The fourth-order valence-corrected chi connectivity index (χ4v) is 2.23. The molecule has 1 unspecified atom stereocenters. The van der Waals surface area contributed by atoms with Gasteiger partial charge in [-0.05, 0) is 32.2 Å². The number of aliphatic hydroxyl groups is 1. The van der Waals surface area contributed by atoms with Crippen molar-refractivity contribution in [1.29, 1.82) is 0 Å². The molecule has 1 saturated heterocycles. The highest BCUT2D eigenvalue weighted by atomic mass is 16.3. The molecule has 5 nitrogen and oxygen atoms in total. The summed E-state index contributed by atoms with van der Waals surface area (Å²) in [5, 5.41) is 12.3. The highest BCUT2D eigenvalue weighted by Gasteiger charge is 2.16. The van der Waals surface area contributed by atoms with Crippen LogP contribution in [-0.2, 0) is 4.79 Å². The Kier molecular flexibility index (Phi) is 7.23. The van der Waals surface area contributed by atoms with Crippen molar-refractivity contribution >= 4 is 5.91 Å². The normalized spacial score (nSPS) is 19.7. The van der Waals surface area contributed by atoms with Crippen molar-refractivity contribution in [2.75, 3.05) is 26.2 Å². The smallest absolute Gasteiger partial charge is 0.236 e. The molecule has 4 N–H and O–H groups in total. The molecule has 0 saturated carbocycles. The summed E-state index contributed by atoms with van der Waals surface area (Å²) >= 11 is 0. The highest BCUT2D eigenvalue weighted by Crippen LogP contribution is 2.09. The van der Waals surface area contributed by atoms with E-state index in [-0.39, 0.29) is 18.1 Å². The summed E-state index contributed by atoms with van der Waals surface area (Å²) in [5.41, 5.74) is 5.72. The predicted octanol–water partition coefficient (Wildman–Crippen LogP) is 0.0768. The number of hydrogen-bond donors (Lipinski definition) is 3. The number of likely N-dealkylation sites (tertiary alicyclic amines) is 1. The molecule has 106 valence electrons. The molecule has 1 aliphatic rings. The van der Waals surface area contributed by atoms with Crippen LogP contribution < -0.4 is 11.1 Å². The lowest BCUT2D eigenvalue weighted by atomic mass is 10.1. The van der Waals surface area contributed by atoms with Crippen LogP contribution in [0.15, 0.2) is 0 Å². The Morgan fingerprint density at radius 2 is 2.17 bits per heavy atom. The topological polar surface area (TPSA) is 78.6 Å². The van der Waals surface area contributed by atoms with Crippen LogP contribution in [0.5, 0.6) is 0 Å². The molecule has 0 aromatic carbocycles. The third kappa shape index (κ3) is 5.80. The minimum absolute atomic E-state index is 0.0362. The highest BCUT2D eigenvalue weighted by molar-refractivity contribution is 5.81. The monoisotopic (exact) mass is 257 g/mol. The SMILES string of the molecule is CCCC(N)C(=O)NCCCN1CCC(O)CC1.